The Morgan fingerprint density at radius 2 is 1.23 bits per heavy atom. The molecular weight excluding hydrogens is 426 g/mol. The topological polar surface area (TPSA) is 50.4 Å². The lowest BCUT2D eigenvalue weighted by atomic mass is 10.0. The van der Waals surface area contributed by atoms with Crippen molar-refractivity contribution in [1.82, 2.24) is 0 Å². The van der Waals surface area contributed by atoms with Crippen molar-refractivity contribution in [2.75, 3.05) is 11.1 Å². The molecule has 0 fully saturated rings. The highest BCUT2D eigenvalue weighted by atomic mass is 14.9. The Labute approximate surface area is 206 Å². The number of nitrogen functional groups attached to an aromatic ring is 1. The molecule has 5 rings (SSSR count). The Kier molecular flexibility index (Phi) is 6.67. The quantitative estimate of drug-likeness (QED) is 0.292. The summed E-state index contributed by atoms with van der Waals surface area (Å²) in [5.41, 5.74) is 15.4. The molecule has 0 amide bonds. The van der Waals surface area contributed by atoms with Gasteiger partial charge in [-0.25, -0.2) is 4.99 Å². The molecule has 0 saturated heterocycles. The van der Waals surface area contributed by atoms with Gasteiger partial charge in [0.05, 0.1) is 11.4 Å². The summed E-state index contributed by atoms with van der Waals surface area (Å²) in [6, 6.07) is 35.0. The van der Waals surface area contributed by atoms with Gasteiger partial charge in [0.1, 0.15) is 0 Å². The van der Waals surface area contributed by atoms with Gasteiger partial charge in [0.25, 0.3) is 0 Å². The fourth-order valence-electron chi connectivity index (χ4n) is 3.90. The Morgan fingerprint density at radius 3 is 1.89 bits per heavy atom. The van der Waals surface area contributed by atoms with Crippen molar-refractivity contribution < 1.29 is 0 Å². The highest BCUT2D eigenvalue weighted by Gasteiger charge is 2.01. The van der Waals surface area contributed by atoms with Crippen molar-refractivity contribution in [3.63, 3.8) is 0 Å². The molecule has 0 radical (unpaired) electrons. The summed E-state index contributed by atoms with van der Waals surface area (Å²) < 4.78 is 0. The van der Waals surface area contributed by atoms with Crippen LogP contribution in [0.2, 0.25) is 0 Å². The molecule has 0 saturated carbocycles. The van der Waals surface area contributed by atoms with Gasteiger partial charge in [0.2, 0.25) is 0 Å². The van der Waals surface area contributed by atoms with Crippen LogP contribution in [-0.2, 0) is 6.42 Å². The van der Waals surface area contributed by atoms with Gasteiger partial charge in [0.15, 0.2) is 0 Å². The zero-order valence-electron chi connectivity index (χ0n) is 19.4. The van der Waals surface area contributed by atoms with Crippen LogP contribution in [0.5, 0.6) is 0 Å². The van der Waals surface area contributed by atoms with Crippen molar-refractivity contribution in [2.45, 2.75) is 6.42 Å². The normalized spacial score (nSPS) is 12.5. The predicted octanol–water partition coefficient (Wildman–Crippen LogP) is 7.89. The molecule has 0 unspecified atom stereocenters. The second kappa shape index (κ2) is 10.5. The molecule has 1 aliphatic carbocycles. The highest BCUT2D eigenvalue weighted by molar-refractivity contribution is 6.07. The molecule has 0 aromatic heterocycles. The zero-order chi connectivity index (χ0) is 23.9. The standard InChI is InChI=1S/C32H27N3/c33-28-14-6-24(7-15-28)22-25-10-18-31(19-11-25)35-32-20-12-27(13-21-32)23-26-8-16-30(17-9-26)34-29-4-2-1-3-5-29/h1-21,23,34H,22,33H2. The third kappa shape index (κ3) is 6.24. The van der Waals surface area contributed by atoms with Crippen LogP contribution in [0, 0.1) is 0 Å². The van der Waals surface area contributed by atoms with Crippen molar-refractivity contribution >= 4 is 34.5 Å². The van der Waals surface area contributed by atoms with Crippen molar-refractivity contribution in [3.8, 4) is 0 Å². The number of hydrogen-bond donors (Lipinski definition) is 2. The molecular formula is C32H27N3. The maximum Gasteiger partial charge on any atom is 0.0637 e. The summed E-state index contributed by atoms with van der Waals surface area (Å²) in [7, 11) is 0. The first kappa shape index (κ1) is 22.2. The van der Waals surface area contributed by atoms with Gasteiger partial charge in [0, 0.05) is 17.1 Å². The van der Waals surface area contributed by atoms with Crippen LogP contribution in [0.1, 0.15) is 16.7 Å². The van der Waals surface area contributed by atoms with E-state index in [9.17, 15) is 0 Å². The molecule has 0 atom stereocenters. The number of nitrogens with one attached hydrogen (secondary N) is 1. The average Bonchev–Trinajstić information content (AvgIpc) is 2.89. The predicted molar refractivity (Wildman–Crippen MR) is 150 cm³/mol. The summed E-state index contributed by atoms with van der Waals surface area (Å²) in [6.07, 6.45) is 11.4. The average molecular weight is 454 g/mol. The smallest absolute Gasteiger partial charge is 0.0637 e. The number of para-hydroxylation sites is 1. The Balaban J connectivity index is 1.19. The van der Waals surface area contributed by atoms with E-state index in [0.29, 0.717) is 0 Å². The number of hydrogen-bond acceptors (Lipinski definition) is 3. The first-order chi connectivity index (χ1) is 17.2. The molecule has 0 aliphatic heterocycles. The second-order valence-corrected chi connectivity index (χ2v) is 8.55. The van der Waals surface area contributed by atoms with Crippen LogP contribution < -0.4 is 11.1 Å². The summed E-state index contributed by atoms with van der Waals surface area (Å²) >= 11 is 0. The minimum absolute atomic E-state index is 0.792. The highest BCUT2D eigenvalue weighted by Crippen LogP contribution is 2.21. The van der Waals surface area contributed by atoms with Gasteiger partial charge in [-0.2, -0.15) is 0 Å². The number of nitrogens with two attached hydrogens (primary N) is 1. The number of allylic oxidation sites excluding steroid dienone is 5. The lowest BCUT2D eigenvalue weighted by Gasteiger charge is -2.07. The van der Waals surface area contributed by atoms with Gasteiger partial charge in [-0.3, -0.25) is 0 Å². The first-order valence-corrected chi connectivity index (χ1v) is 11.7. The van der Waals surface area contributed by atoms with Crippen LogP contribution in [-0.4, -0.2) is 5.71 Å². The molecule has 0 bridgehead atoms. The summed E-state index contributed by atoms with van der Waals surface area (Å²) in [6.45, 7) is 0. The number of aliphatic imine (C=N–C) groups is 1. The number of benzene rings is 4. The van der Waals surface area contributed by atoms with E-state index < -0.39 is 0 Å². The molecule has 1 aliphatic rings. The van der Waals surface area contributed by atoms with Crippen LogP contribution in [0.15, 0.2) is 138 Å². The molecule has 3 N–H and O–H groups in total. The molecule has 170 valence electrons. The molecule has 4 aromatic carbocycles. The molecule has 3 nitrogen and oxygen atoms in total. The molecule has 35 heavy (non-hydrogen) atoms. The van der Waals surface area contributed by atoms with Crippen LogP contribution in [0.3, 0.4) is 0 Å². The fraction of sp³-hybridized carbons (Fsp3) is 0.0312. The number of nitrogens with zero attached hydrogens (tertiary/aromatic N) is 1. The van der Waals surface area contributed by atoms with Gasteiger partial charge in [-0.15, -0.1) is 0 Å². The third-order valence-corrected chi connectivity index (χ3v) is 5.78. The van der Waals surface area contributed by atoms with E-state index in [2.05, 4.69) is 108 Å². The fourth-order valence-corrected chi connectivity index (χ4v) is 3.90. The van der Waals surface area contributed by atoms with E-state index in [1.165, 1.54) is 11.1 Å². The lowest BCUT2D eigenvalue weighted by molar-refractivity contribution is 1.19. The number of rotatable bonds is 6. The Bertz CT molecular complexity index is 1370. The van der Waals surface area contributed by atoms with E-state index in [1.807, 2.05) is 30.3 Å². The van der Waals surface area contributed by atoms with Gasteiger partial charge in [-0.1, -0.05) is 66.7 Å². The maximum absolute atomic E-state index is 5.77. The molecule has 4 aromatic rings. The molecule has 0 spiro atoms. The van der Waals surface area contributed by atoms with Gasteiger partial charge >= 0.3 is 0 Å². The minimum atomic E-state index is 0.792. The maximum atomic E-state index is 5.77. The van der Waals surface area contributed by atoms with Crippen molar-refractivity contribution in [2.24, 2.45) is 4.99 Å². The van der Waals surface area contributed by atoms with Crippen LogP contribution in [0.25, 0.3) is 6.08 Å². The summed E-state index contributed by atoms with van der Waals surface area (Å²) in [5.74, 6) is 0. The monoisotopic (exact) mass is 453 g/mol. The lowest BCUT2D eigenvalue weighted by Crippen LogP contribution is -1.93. The van der Waals surface area contributed by atoms with E-state index in [4.69, 9.17) is 10.7 Å². The van der Waals surface area contributed by atoms with E-state index in [1.54, 1.807) is 0 Å². The van der Waals surface area contributed by atoms with Gasteiger partial charge in [-0.05, 0) is 95.4 Å². The number of anilines is 3. The van der Waals surface area contributed by atoms with Crippen LogP contribution >= 0.6 is 0 Å². The summed E-state index contributed by atoms with van der Waals surface area (Å²) in [5, 5.41) is 3.41. The molecule has 0 heterocycles. The van der Waals surface area contributed by atoms with Gasteiger partial charge < -0.3 is 11.1 Å². The first-order valence-electron chi connectivity index (χ1n) is 11.7. The zero-order valence-corrected chi connectivity index (χ0v) is 19.4. The summed E-state index contributed by atoms with van der Waals surface area (Å²) in [4.78, 5) is 4.76. The van der Waals surface area contributed by atoms with E-state index in [0.717, 1.165) is 46.0 Å². The van der Waals surface area contributed by atoms with Crippen molar-refractivity contribution in [3.05, 3.63) is 150 Å². The Hall–Kier alpha value is -4.63. The second-order valence-electron chi connectivity index (χ2n) is 8.55. The SMILES string of the molecule is Nc1ccc(Cc2ccc(N=C3C=CC(=Cc4ccc(Nc5ccccc5)cc4)C=C3)cc2)cc1. The molecule has 3 heteroatoms. The minimum Gasteiger partial charge on any atom is -0.399 e. The van der Waals surface area contributed by atoms with E-state index in [-0.39, 0.29) is 0 Å². The van der Waals surface area contributed by atoms with Crippen LogP contribution in [0.4, 0.5) is 22.7 Å². The van der Waals surface area contributed by atoms with Crippen molar-refractivity contribution in [1.29, 1.82) is 0 Å². The van der Waals surface area contributed by atoms with E-state index >= 15 is 0 Å². The Morgan fingerprint density at radius 1 is 0.629 bits per heavy atom. The third-order valence-electron chi connectivity index (χ3n) is 5.78. The largest absolute Gasteiger partial charge is 0.399 e.